The molecule has 1 rings (SSSR count). The van der Waals surface area contributed by atoms with Crippen molar-refractivity contribution in [2.45, 2.75) is 19.3 Å². The lowest BCUT2D eigenvalue weighted by Crippen LogP contribution is -2.20. The fourth-order valence-electron chi connectivity index (χ4n) is 1.53. The van der Waals surface area contributed by atoms with E-state index in [9.17, 15) is 0 Å². The number of aliphatic hydroxyl groups excluding tert-OH is 1. The van der Waals surface area contributed by atoms with Crippen LogP contribution in [-0.4, -0.2) is 30.3 Å². The zero-order valence-electron chi connectivity index (χ0n) is 9.56. The molecule has 0 amide bonds. The molecule has 1 aromatic rings. The third kappa shape index (κ3) is 3.52. The van der Waals surface area contributed by atoms with Crippen molar-refractivity contribution in [3.05, 3.63) is 23.9 Å². The van der Waals surface area contributed by atoms with Crippen LogP contribution in [0.25, 0.3) is 0 Å². The highest BCUT2D eigenvalue weighted by atomic mass is 16.2. The molecule has 1 heterocycles. The predicted molar refractivity (Wildman–Crippen MR) is 63.2 cm³/mol. The number of nitrogens with zero attached hydrogens (tertiary/aromatic N) is 3. The van der Waals surface area contributed by atoms with Crippen LogP contribution < -0.4 is 4.90 Å². The minimum absolute atomic E-state index is 0.247. The fourth-order valence-corrected chi connectivity index (χ4v) is 1.53. The smallest absolute Gasteiger partial charge is 0.146 e. The number of pyridine rings is 1. The highest BCUT2D eigenvalue weighted by Crippen LogP contribution is 2.14. The Hall–Kier alpha value is -1.60. The van der Waals surface area contributed by atoms with Crippen molar-refractivity contribution in [3.8, 4) is 6.07 Å². The maximum absolute atomic E-state index is 8.93. The van der Waals surface area contributed by atoms with E-state index >= 15 is 0 Å². The van der Waals surface area contributed by atoms with Gasteiger partial charge in [-0.25, -0.2) is 4.98 Å². The van der Waals surface area contributed by atoms with Crippen molar-refractivity contribution >= 4 is 5.82 Å². The highest BCUT2D eigenvalue weighted by molar-refractivity contribution is 5.52. The molecule has 0 saturated carbocycles. The molecule has 4 nitrogen and oxygen atoms in total. The van der Waals surface area contributed by atoms with E-state index in [1.54, 1.807) is 18.3 Å². The van der Waals surface area contributed by atoms with Gasteiger partial charge in [0, 0.05) is 26.4 Å². The Balaban J connectivity index is 2.52. The van der Waals surface area contributed by atoms with Crippen LogP contribution in [0.5, 0.6) is 0 Å². The minimum Gasteiger partial charge on any atom is -0.396 e. The van der Waals surface area contributed by atoms with Crippen LogP contribution >= 0.6 is 0 Å². The van der Waals surface area contributed by atoms with Gasteiger partial charge in [0.05, 0.1) is 5.56 Å². The van der Waals surface area contributed by atoms with Crippen molar-refractivity contribution in [2.75, 3.05) is 25.1 Å². The second-order valence-corrected chi connectivity index (χ2v) is 3.69. The first-order chi connectivity index (χ1) is 7.79. The summed E-state index contributed by atoms with van der Waals surface area (Å²) in [5.74, 6) is 0.731. The topological polar surface area (TPSA) is 60.1 Å². The standard InChI is InChI=1S/C12H17N3O/c1-15(8-3-2-4-9-16)12-11(10-13)6-5-7-14-12/h5-7,16H,2-4,8-9H2,1H3. The maximum atomic E-state index is 8.93. The minimum atomic E-state index is 0.247. The zero-order chi connectivity index (χ0) is 11.8. The van der Waals surface area contributed by atoms with E-state index in [-0.39, 0.29) is 6.61 Å². The van der Waals surface area contributed by atoms with Gasteiger partial charge in [-0.3, -0.25) is 0 Å². The van der Waals surface area contributed by atoms with E-state index in [4.69, 9.17) is 10.4 Å². The van der Waals surface area contributed by atoms with Crippen LogP contribution in [0, 0.1) is 11.3 Å². The van der Waals surface area contributed by atoms with E-state index in [1.807, 2.05) is 11.9 Å². The lowest BCUT2D eigenvalue weighted by Gasteiger charge is -2.18. The van der Waals surface area contributed by atoms with Gasteiger partial charge in [0.1, 0.15) is 11.9 Å². The SMILES string of the molecule is CN(CCCCCO)c1ncccc1C#N. The van der Waals surface area contributed by atoms with Crippen LogP contribution in [-0.2, 0) is 0 Å². The van der Waals surface area contributed by atoms with E-state index in [0.717, 1.165) is 31.6 Å². The first-order valence-electron chi connectivity index (χ1n) is 5.46. The average molecular weight is 219 g/mol. The van der Waals surface area contributed by atoms with E-state index in [1.165, 1.54) is 0 Å². The molecule has 0 aliphatic heterocycles. The molecule has 0 radical (unpaired) electrons. The Morgan fingerprint density at radius 3 is 2.94 bits per heavy atom. The maximum Gasteiger partial charge on any atom is 0.146 e. The van der Waals surface area contributed by atoms with Crippen molar-refractivity contribution < 1.29 is 5.11 Å². The molecule has 16 heavy (non-hydrogen) atoms. The first-order valence-corrected chi connectivity index (χ1v) is 5.46. The normalized spacial score (nSPS) is 9.81. The molecule has 0 aromatic carbocycles. The molecule has 0 saturated heterocycles. The third-order valence-corrected chi connectivity index (χ3v) is 2.42. The van der Waals surface area contributed by atoms with Crippen LogP contribution in [0.3, 0.4) is 0 Å². The Kier molecular flexibility index (Phi) is 5.30. The number of unbranched alkanes of at least 4 members (excludes halogenated alkanes) is 2. The number of aromatic nitrogens is 1. The largest absolute Gasteiger partial charge is 0.396 e. The Bertz CT molecular complexity index is 360. The van der Waals surface area contributed by atoms with Crippen LogP contribution in [0.15, 0.2) is 18.3 Å². The molecule has 0 bridgehead atoms. The molecule has 1 N–H and O–H groups in total. The summed E-state index contributed by atoms with van der Waals surface area (Å²) in [6, 6.07) is 5.67. The molecule has 86 valence electrons. The molecule has 1 aromatic heterocycles. The molecule has 0 spiro atoms. The molecule has 0 atom stereocenters. The van der Waals surface area contributed by atoms with E-state index in [2.05, 4.69) is 11.1 Å². The molecular weight excluding hydrogens is 202 g/mol. The van der Waals surface area contributed by atoms with Crippen molar-refractivity contribution in [2.24, 2.45) is 0 Å². The van der Waals surface area contributed by atoms with E-state index in [0.29, 0.717) is 5.56 Å². The van der Waals surface area contributed by atoms with Gasteiger partial charge < -0.3 is 10.0 Å². The number of aliphatic hydroxyl groups is 1. The summed E-state index contributed by atoms with van der Waals surface area (Å²) in [7, 11) is 1.93. The Morgan fingerprint density at radius 1 is 1.44 bits per heavy atom. The lowest BCUT2D eigenvalue weighted by molar-refractivity contribution is 0.283. The van der Waals surface area contributed by atoms with Crippen molar-refractivity contribution in [1.29, 1.82) is 5.26 Å². The predicted octanol–water partition coefficient (Wildman–Crippen LogP) is 1.55. The van der Waals surface area contributed by atoms with Crippen LogP contribution in [0.4, 0.5) is 5.82 Å². The van der Waals surface area contributed by atoms with Crippen molar-refractivity contribution in [1.82, 2.24) is 4.98 Å². The number of anilines is 1. The van der Waals surface area contributed by atoms with E-state index < -0.39 is 0 Å². The Labute approximate surface area is 96.2 Å². The monoisotopic (exact) mass is 219 g/mol. The lowest BCUT2D eigenvalue weighted by atomic mass is 10.2. The zero-order valence-corrected chi connectivity index (χ0v) is 9.56. The summed E-state index contributed by atoms with van der Waals surface area (Å²) in [6.07, 6.45) is 4.52. The van der Waals surface area contributed by atoms with Gasteiger partial charge in [-0.15, -0.1) is 0 Å². The second kappa shape index (κ2) is 6.81. The molecular formula is C12H17N3O. The molecule has 0 aliphatic carbocycles. The molecule has 0 unspecified atom stereocenters. The number of rotatable bonds is 6. The van der Waals surface area contributed by atoms with Gasteiger partial charge >= 0.3 is 0 Å². The Morgan fingerprint density at radius 2 is 2.25 bits per heavy atom. The van der Waals surface area contributed by atoms with Crippen LogP contribution in [0.1, 0.15) is 24.8 Å². The van der Waals surface area contributed by atoms with Gasteiger partial charge in [-0.1, -0.05) is 0 Å². The average Bonchev–Trinajstić information content (AvgIpc) is 2.34. The summed E-state index contributed by atoms with van der Waals surface area (Å²) in [5, 5.41) is 17.6. The van der Waals surface area contributed by atoms with Gasteiger partial charge in [0.2, 0.25) is 0 Å². The van der Waals surface area contributed by atoms with Gasteiger partial charge in [0.15, 0.2) is 0 Å². The third-order valence-electron chi connectivity index (χ3n) is 2.42. The number of nitriles is 1. The molecule has 4 heteroatoms. The summed E-state index contributed by atoms with van der Waals surface area (Å²) in [6.45, 7) is 1.10. The second-order valence-electron chi connectivity index (χ2n) is 3.69. The van der Waals surface area contributed by atoms with Crippen LogP contribution in [0.2, 0.25) is 0 Å². The summed E-state index contributed by atoms with van der Waals surface area (Å²) in [5.41, 5.74) is 0.604. The fraction of sp³-hybridized carbons (Fsp3) is 0.500. The van der Waals surface area contributed by atoms with Gasteiger partial charge in [0.25, 0.3) is 0 Å². The quantitative estimate of drug-likeness (QED) is 0.737. The molecule has 0 fully saturated rings. The van der Waals surface area contributed by atoms with Gasteiger partial charge in [-0.05, 0) is 31.4 Å². The number of hydrogen-bond donors (Lipinski definition) is 1. The van der Waals surface area contributed by atoms with Gasteiger partial charge in [-0.2, -0.15) is 5.26 Å². The summed E-state index contributed by atoms with van der Waals surface area (Å²) < 4.78 is 0. The summed E-state index contributed by atoms with van der Waals surface area (Å²) >= 11 is 0. The summed E-state index contributed by atoms with van der Waals surface area (Å²) in [4.78, 5) is 6.18. The highest BCUT2D eigenvalue weighted by Gasteiger charge is 2.07. The number of hydrogen-bond acceptors (Lipinski definition) is 4. The first kappa shape index (κ1) is 12.5. The molecule has 0 aliphatic rings. The van der Waals surface area contributed by atoms with Crippen molar-refractivity contribution in [3.63, 3.8) is 0 Å².